The topological polar surface area (TPSA) is 72.5 Å². The number of methoxy groups -OCH3 is 1. The van der Waals surface area contributed by atoms with Crippen molar-refractivity contribution in [2.75, 3.05) is 26.9 Å². The molecule has 8 heteroatoms. The Bertz CT molecular complexity index is 864. The SMILES string of the molecule is CCO[C@@H]1C[C@@H]2CCCC(=CC3(C[C@H](O[Si](C)(C)C(C)(C)C)[C@@H](C)C=CC(=O)OC)OCCO3)C2=CO1. The number of allylic oxidation sites excluding steroid dienone is 2. The Morgan fingerprint density at radius 3 is 2.59 bits per heavy atom. The first-order chi connectivity index (χ1) is 17.4. The maximum absolute atomic E-state index is 11.8. The van der Waals surface area contributed by atoms with Crippen LogP contribution in [0.4, 0.5) is 0 Å². The number of hydrogen-bond donors (Lipinski definition) is 0. The minimum Gasteiger partial charge on any atom is -0.472 e. The van der Waals surface area contributed by atoms with E-state index in [-0.39, 0.29) is 29.3 Å². The van der Waals surface area contributed by atoms with Gasteiger partial charge in [-0.05, 0) is 73.4 Å². The second-order valence-electron chi connectivity index (χ2n) is 12.0. The highest BCUT2D eigenvalue weighted by atomic mass is 28.4. The van der Waals surface area contributed by atoms with Crippen molar-refractivity contribution in [3.05, 3.63) is 35.6 Å². The minimum absolute atomic E-state index is 0.0397. The van der Waals surface area contributed by atoms with E-state index in [1.54, 1.807) is 0 Å². The Morgan fingerprint density at radius 2 is 1.97 bits per heavy atom. The van der Waals surface area contributed by atoms with Gasteiger partial charge in [0.25, 0.3) is 0 Å². The lowest BCUT2D eigenvalue weighted by atomic mass is 9.77. The number of fused-ring (bicyclic) bond motifs is 1. The van der Waals surface area contributed by atoms with E-state index in [1.807, 2.05) is 19.3 Å². The van der Waals surface area contributed by atoms with Gasteiger partial charge in [-0.25, -0.2) is 4.79 Å². The molecule has 0 bridgehead atoms. The summed E-state index contributed by atoms with van der Waals surface area (Å²) in [6, 6.07) is 0. The van der Waals surface area contributed by atoms with Crippen LogP contribution in [0.1, 0.15) is 66.7 Å². The van der Waals surface area contributed by atoms with Crippen LogP contribution in [0.5, 0.6) is 0 Å². The predicted octanol–water partition coefficient (Wildman–Crippen LogP) is 6.27. The average molecular weight is 537 g/mol. The van der Waals surface area contributed by atoms with Crippen LogP contribution in [0.15, 0.2) is 35.6 Å². The van der Waals surface area contributed by atoms with Crippen molar-refractivity contribution >= 4 is 14.3 Å². The third-order valence-electron chi connectivity index (χ3n) is 8.22. The average Bonchev–Trinajstić information content (AvgIpc) is 3.29. The predicted molar refractivity (Wildman–Crippen MR) is 146 cm³/mol. The normalized spacial score (nSPS) is 26.9. The van der Waals surface area contributed by atoms with Gasteiger partial charge < -0.3 is 28.1 Å². The molecular weight excluding hydrogens is 488 g/mol. The Hall–Kier alpha value is -1.45. The Morgan fingerprint density at radius 1 is 1.27 bits per heavy atom. The molecule has 2 fully saturated rings. The summed E-state index contributed by atoms with van der Waals surface area (Å²) in [5.41, 5.74) is 2.47. The van der Waals surface area contributed by atoms with Crippen molar-refractivity contribution in [2.24, 2.45) is 11.8 Å². The Kier molecular flexibility index (Phi) is 10.2. The van der Waals surface area contributed by atoms with Crippen molar-refractivity contribution in [3.63, 3.8) is 0 Å². The van der Waals surface area contributed by atoms with Gasteiger partial charge in [-0.15, -0.1) is 0 Å². The van der Waals surface area contributed by atoms with Crippen LogP contribution in [0.3, 0.4) is 0 Å². The lowest BCUT2D eigenvalue weighted by Crippen LogP contribution is -2.48. The molecule has 0 radical (unpaired) electrons. The Labute approximate surface area is 224 Å². The fourth-order valence-electron chi connectivity index (χ4n) is 4.99. The van der Waals surface area contributed by atoms with Crippen molar-refractivity contribution < 1.29 is 32.9 Å². The van der Waals surface area contributed by atoms with Crippen LogP contribution in [0, 0.1) is 11.8 Å². The fraction of sp³-hybridized carbons (Fsp3) is 0.759. The summed E-state index contributed by atoms with van der Waals surface area (Å²) < 4.78 is 36.1. The van der Waals surface area contributed by atoms with Crippen molar-refractivity contribution in [3.8, 4) is 0 Å². The van der Waals surface area contributed by atoms with Crippen LogP contribution < -0.4 is 0 Å². The zero-order chi connectivity index (χ0) is 27.3. The quantitative estimate of drug-likeness (QED) is 0.185. The van der Waals surface area contributed by atoms with Crippen LogP contribution in [-0.4, -0.2) is 59.4 Å². The molecule has 0 spiro atoms. The first-order valence-electron chi connectivity index (χ1n) is 13.8. The lowest BCUT2D eigenvalue weighted by molar-refractivity contribution is -0.141. The maximum Gasteiger partial charge on any atom is 0.330 e. The van der Waals surface area contributed by atoms with Crippen LogP contribution in [0.25, 0.3) is 0 Å². The zero-order valence-corrected chi connectivity index (χ0v) is 25.1. The summed E-state index contributed by atoms with van der Waals surface area (Å²) in [6.45, 7) is 17.0. The third-order valence-corrected chi connectivity index (χ3v) is 12.7. The van der Waals surface area contributed by atoms with Crippen molar-refractivity contribution in [2.45, 2.75) is 103 Å². The van der Waals surface area contributed by atoms with Gasteiger partial charge in [0.1, 0.15) is 0 Å². The summed E-state index contributed by atoms with van der Waals surface area (Å²) in [6.07, 6.45) is 11.7. The first kappa shape index (κ1) is 30.1. The van der Waals surface area contributed by atoms with Crippen LogP contribution in [0.2, 0.25) is 18.1 Å². The molecule has 0 amide bonds. The van der Waals surface area contributed by atoms with Crippen LogP contribution >= 0.6 is 0 Å². The highest BCUT2D eigenvalue weighted by molar-refractivity contribution is 6.74. The highest BCUT2D eigenvalue weighted by Crippen LogP contribution is 2.44. The Balaban J connectivity index is 1.90. The van der Waals surface area contributed by atoms with E-state index in [0.29, 0.717) is 32.2 Å². The summed E-state index contributed by atoms with van der Waals surface area (Å²) in [4.78, 5) is 11.8. The van der Waals surface area contributed by atoms with Gasteiger partial charge in [0, 0.05) is 25.5 Å². The molecule has 1 saturated heterocycles. The van der Waals surface area contributed by atoms with E-state index in [0.717, 1.165) is 25.7 Å². The molecular formula is C29H48O7Si. The first-order valence-corrected chi connectivity index (χ1v) is 16.7. The van der Waals surface area contributed by atoms with Gasteiger partial charge in [-0.3, -0.25) is 0 Å². The van der Waals surface area contributed by atoms with Gasteiger partial charge in [-0.2, -0.15) is 0 Å². The zero-order valence-electron chi connectivity index (χ0n) is 24.1. The molecule has 0 aromatic heterocycles. The van der Waals surface area contributed by atoms with Crippen molar-refractivity contribution in [1.82, 2.24) is 0 Å². The highest BCUT2D eigenvalue weighted by Gasteiger charge is 2.45. The van der Waals surface area contributed by atoms with Gasteiger partial charge in [0.15, 0.2) is 20.4 Å². The number of ether oxygens (including phenoxy) is 5. The number of carbonyl (C=O) groups excluding carboxylic acids is 1. The number of hydrogen-bond acceptors (Lipinski definition) is 7. The largest absolute Gasteiger partial charge is 0.472 e. The molecule has 0 aromatic carbocycles. The molecule has 210 valence electrons. The molecule has 1 aliphatic carbocycles. The van der Waals surface area contributed by atoms with E-state index in [9.17, 15) is 4.79 Å². The van der Waals surface area contributed by atoms with Crippen LogP contribution in [-0.2, 0) is 32.9 Å². The summed E-state index contributed by atoms with van der Waals surface area (Å²) >= 11 is 0. The van der Waals surface area contributed by atoms with Crippen molar-refractivity contribution in [1.29, 1.82) is 0 Å². The molecule has 1 saturated carbocycles. The second kappa shape index (κ2) is 12.6. The summed E-state index contributed by atoms with van der Waals surface area (Å²) in [5, 5.41) is 0.0397. The maximum atomic E-state index is 11.8. The molecule has 3 rings (SSSR count). The molecule has 2 aliphatic heterocycles. The van der Waals surface area contributed by atoms with E-state index in [4.69, 9.17) is 28.1 Å². The summed E-state index contributed by atoms with van der Waals surface area (Å²) in [7, 11) is -0.734. The number of rotatable bonds is 10. The molecule has 0 aromatic rings. The molecule has 4 atom stereocenters. The molecule has 3 aliphatic rings. The third kappa shape index (κ3) is 7.79. The molecule has 0 N–H and O–H groups in total. The standard InChI is InChI=1S/C29H48O7Si/c1-9-32-27-17-22-11-10-12-23(24(22)20-33-27)18-29(34-15-16-35-29)19-25(21(2)13-14-26(30)31-6)36-37(7,8)28(3,4)5/h13-14,18,20-22,25,27H,9-12,15-17,19H2,1-8H3/t21-,22-,25-,27-/m0/s1. The van der Waals surface area contributed by atoms with E-state index < -0.39 is 14.1 Å². The molecule has 2 heterocycles. The number of esters is 1. The molecule has 37 heavy (non-hydrogen) atoms. The van der Waals surface area contributed by atoms with Gasteiger partial charge in [-0.1, -0.05) is 33.8 Å². The monoisotopic (exact) mass is 536 g/mol. The minimum atomic E-state index is -2.12. The van der Waals surface area contributed by atoms with E-state index in [1.165, 1.54) is 24.3 Å². The van der Waals surface area contributed by atoms with Gasteiger partial charge >= 0.3 is 5.97 Å². The van der Waals surface area contributed by atoms with E-state index >= 15 is 0 Å². The summed E-state index contributed by atoms with van der Waals surface area (Å²) in [5.74, 6) is -0.870. The van der Waals surface area contributed by atoms with Gasteiger partial charge in [0.2, 0.25) is 0 Å². The molecule has 0 unspecified atom stereocenters. The fourth-order valence-corrected chi connectivity index (χ4v) is 6.40. The van der Waals surface area contributed by atoms with E-state index in [2.05, 4.69) is 46.9 Å². The smallest absolute Gasteiger partial charge is 0.330 e. The van der Waals surface area contributed by atoms with Gasteiger partial charge in [0.05, 0.1) is 32.7 Å². The second-order valence-corrected chi connectivity index (χ2v) is 16.7. The number of carbonyl (C=O) groups is 1. The molecule has 7 nitrogen and oxygen atoms in total. The lowest BCUT2D eigenvalue weighted by Gasteiger charge is -2.42.